The molecule has 1 rings (SSSR count). The van der Waals surface area contributed by atoms with E-state index in [4.69, 9.17) is 28.9 Å². The zero-order valence-corrected chi connectivity index (χ0v) is 8.66. The molecule has 1 nitrogen and oxygen atoms in total. The van der Waals surface area contributed by atoms with Crippen LogP contribution in [0.2, 0.25) is 10.0 Å². The molecule has 0 heterocycles. The second-order valence-electron chi connectivity index (χ2n) is 3.04. The van der Waals surface area contributed by atoms with Crippen LogP contribution in [0.15, 0.2) is 12.1 Å². The molecule has 0 radical (unpaired) electrons. The van der Waals surface area contributed by atoms with E-state index >= 15 is 0 Å². The van der Waals surface area contributed by atoms with Gasteiger partial charge in [0.2, 0.25) is 0 Å². The van der Waals surface area contributed by atoms with Gasteiger partial charge in [-0.05, 0) is 31.0 Å². The fraction of sp³-hybridized carbons (Fsp3) is 0.333. The third-order valence-electron chi connectivity index (χ3n) is 1.63. The van der Waals surface area contributed by atoms with Crippen LogP contribution in [-0.4, -0.2) is 6.04 Å². The van der Waals surface area contributed by atoms with Crippen LogP contribution in [0.4, 0.5) is 4.39 Å². The molecule has 0 bridgehead atoms. The summed E-state index contributed by atoms with van der Waals surface area (Å²) in [5, 5.41) is 0.458. The highest BCUT2D eigenvalue weighted by atomic mass is 35.5. The zero-order chi connectivity index (χ0) is 10.0. The van der Waals surface area contributed by atoms with Crippen molar-refractivity contribution in [3.05, 3.63) is 33.6 Å². The normalized spacial score (nSPS) is 13.0. The molecule has 1 atom stereocenters. The highest BCUT2D eigenvalue weighted by Gasteiger charge is 2.08. The van der Waals surface area contributed by atoms with Gasteiger partial charge in [-0.2, -0.15) is 0 Å². The van der Waals surface area contributed by atoms with Crippen LogP contribution in [0.3, 0.4) is 0 Å². The largest absolute Gasteiger partial charge is 0.328 e. The molecule has 0 fully saturated rings. The molecule has 1 unspecified atom stereocenters. The van der Waals surface area contributed by atoms with E-state index in [0.29, 0.717) is 11.4 Å². The molecule has 1 aromatic rings. The molecular weight excluding hydrogens is 212 g/mol. The number of nitrogens with two attached hydrogens (primary N) is 1. The molecule has 0 spiro atoms. The Morgan fingerprint density at radius 2 is 2.00 bits per heavy atom. The SMILES string of the molecule is CC(N)Cc1cc(Cl)c(F)cc1Cl. The Hall–Kier alpha value is -0.310. The molecule has 0 aromatic heterocycles. The smallest absolute Gasteiger partial charge is 0.143 e. The van der Waals surface area contributed by atoms with Gasteiger partial charge in [-0.15, -0.1) is 0 Å². The van der Waals surface area contributed by atoms with Crippen molar-refractivity contribution < 1.29 is 4.39 Å². The van der Waals surface area contributed by atoms with Crippen LogP contribution >= 0.6 is 23.2 Å². The average molecular weight is 222 g/mol. The van der Waals surface area contributed by atoms with Crippen molar-refractivity contribution in [1.29, 1.82) is 0 Å². The van der Waals surface area contributed by atoms with E-state index in [1.54, 1.807) is 0 Å². The fourth-order valence-corrected chi connectivity index (χ4v) is 1.48. The average Bonchev–Trinajstić information content (AvgIpc) is 1.99. The van der Waals surface area contributed by atoms with Crippen LogP contribution in [0.5, 0.6) is 0 Å². The van der Waals surface area contributed by atoms with Crippen molar-refractivity contribution in [2.75, 3.05) is 0 Å². The van der Waals surface area contributed by atoms with Gasteiger partial charge in [-0.25, -0.2) is 4.39 Å². The molecule has 2 N–H and O–H groups in total. The number of hydrogen-bond donors (Lipinski definition) is 1. The maximum Gasteiger partial charge on any atom is 0.143 e. The lowest BCUT2D eigenvalue weighted by Crippen LogP contribution is -2.18. The summed E-state index contributed by atoms with van der Waals surface area (Å²) in [6.45, 7) is 1.85. The van der Waals surface area contributed by atoms with Gasteiger partial charge in [-0.3, -0.25) is 0 Å². The Bertz CT molecular complexity index is 313. The first-order valence-corrected chi connectivity index (χ1v) is 4.65. The Kier molecular flexibility index (Phi) is 3.54. The molecule has 0 aliphatic heterocycles. The lowest BCUT2D eigenvalue weighted by atomic mass is 10.1. The highest BCUT2D eigenvalue weighted by Crippen LogP contribution is 2.24. The molecule has 0 saturated carbocycles. The van der Waals surface area contributed by atoms with Crippen LogP contribution in [-0.2, 0) is 6.42 Å². The Balaban J connectivity index is 3.01. The zero-order valence-electron chi connectivity index (χ0n) is 7.15. The summed E-state index contributed by atoms with van der Waals surface area (Å²) in [6, 6.07) is 2.71. The minimum absolute atomic E-state index is 0.0148. The standard InChI is InChI=1S/C9H10Cl2FN/c1-5(13)2-6-3-8(11)9(12)4-7(6)10/h3-5H,2,13H2,1H3. The fourth-order valence-electron chi connectivity index (χ4n) is 1.07. The molecule has 0 amide bonds. The van der Waals surface area contributed by atoms with E-state index in [1.165, 1.54) is 12.1 Å². The summed E-state index contributed by atoms with van der Waals surface area (Å²) in [5.41, 5.74) is 6.37. The number of hydrogen-bond acceptors (Lipinski definition) is 1. The van der Waals surface area contributed by atoms with Crippen molar-refractivity contribution in [2.24, 2.45) is 5.73 Å². The highest BCUT2D eigenvalue weighted by molar-refractivity contribution is 6.33. The number of rotatable bonds is 2. The van der Waals surface area contributed by atoms with E-state index < -0.39 is 5.82 Å². The van der Waals surface area contributed by atoms with Gasteiger partial charge in [-0.1, -0.05) is 23.2 Å². The minimum Gasteiger partial charge on any atom is -0.328 e. The molecule has 72 valence electrons. The number of halogens is 3. The van der Waals surface area contributed by atoms with Crippen molar-refractivity contribution in [2.45, 2.75) is 19.4 Å². The summed E-state index contributed by atoms with van der Waals surface area (Å²) in [7, 11) is 0. The van der Waals surface area contributed by atoms with Crippen LogP contribution in [0, 0.1) is 5.82 Å². The first-order valence-electron chi connectivity index (χ1n) is 3.89. The Morgan fingerprint density at radius 3 is 2.54 bits per heavy atom. The Morgan fingerprint density at radius 1 is 1.38 bits per heavy atom. The maximum atomic E-state index is 12.8. The van der Waals surface area contributed by atoms with Crippen LogP contribution < -0.4 is 5.73 Å². The first-order chi connectivity index (χ1) is 6.00. The lowest BCUT2D eigenvalue weighted by Gasteiger charge is -2.08. The molecule has 0 aliphatic carbocycles. The van der Waals surface area contributed by atoms with Crippen molar-refractivity contribution in [3.8, 4) is 0 Å². The van der Waals surface area contributed by atoms with E-state index in [0.717, 1.165) is 5.56 Å². The molecule has 0 aliphatic rings. The summed E-state index contributed by atoms with van der Waals surface area (Å²) >= 11 is 11.4. The second kappa shape index (κ2) is 4.27. The third-order valence-corrected chi connectivity index (χ3v) is 2.27. The monoisotopic (exact) mass is 221 g/mol. The van der Waals surface area contributed by atoms with Gasteiger partial charge in [0.25, 0.3) is 0 Å². The molecule has 13 heavy (non-hydrogen) atoms. The van der Waals surface area contributed by atoms with E-state index in [1.807, 2.05) is 6.92 Å². The van der Waals surface area contributed by atoms with Gasteiger partial charge in [0.1, 0.15) is 5.82 Å². The predicted molar refractivity (Wildman–Crippen MR) is 53.8 cm³/mol. The van der Waals surface area contributed by atoms with Gasteiger partial charge in [0.15, 0.2) is 0 Å². The second-order valence-corrected chi connectivity index (χ2v) is 3.85. The summed E-state index contributed by atoms with van der Waals surface area (Å²) in [5.74, 6) is -0.500. The van der Waals surface area contributed by atoms with Crippen molar-refractivity contribution >= 4 is 23.2 Å². The van der Waals surface area contributed by atoms with E-state index in [-0.39, 0.29) is 11.1 Å². The maximum absolute atomic E-state index is 12.8. The van der Waals surface area contributed by atoms with Crippen LogP contribution in [0.1, 0.15) is 12.5 Å². The lowest BCUT2D eigenvalue weighted by molar-refractivity contribution is 0.626. The van der Waals surface area contributed by atoms with Crippen molar-refractivity contribution in [3.63, 3.8) is 0 Å². The predicted octanol–water partition coefficient (Wildman–Crippen LogP) is 3.02. The molecule has 0 saturated heterocycles. The van der Waals surface area contributed by atoms with Gasteiger partial charge < -0.3 is 5.73 Å². The van der Waals surface area contributed by atoms with Crippen molar-refractivity contribution in [1.82, 2.24) is 0 Å². The number of benzene rings is 1. The third kappa shape index (κ3) is 2.83. The van der Waals surface area contributed by atoms with Gasteiger partial charge in [0.05, 0.1) is 5.02 Å². The molecular formula is C9H10Cl2FN. The Labute approximate surface area is 86.6 Å². The van der Waals surface area contributed by atoms with E-state index in [2.05, 4.69) is 0 Å². The van der Waals surface area contributed by atoms with E-state index in [9.17, 15) is 4.39 Å². The van der Waals surface area contributed by atoms with Gasteiger partial charge in [0, 0.05) is 11.1 Å². The molecule has 4 heteroatoms. The summed E-state index contributed by atoms with van der Waals surface area (Å²) in [6.07, 6.45) is 0.596. The molecule has 1 aromatic carbocycles. The quantitative estimate of drug-likeness (QED) is 0.764. The topological polar surface area (TPSA) is 26.0 Å². The summed E-state index contributed by atoms with van der Waals surface area (Å²) in [4.78, 5) is 0. The minimum atomic E-state index is -0.500. The van der Waals surface area contributed by atoms with Gasteiger partial charge >= 0.3 is 0 Å². The first kappa shape index (κ1) is 10.8. The van der Waals surface area contributed by atoms with Crippen LogP contribution in [0.25, 0.3) is 0 Å². The summed E-state index contributed by atoms with van der Waals surface area (Å²) < 4.78 is 12.8.